The number of nitrogens with zero attached hydrogens (tertiary/aromatic N) is 4. The molecule has 3 heterocycles. The van der Waals surface area contributed by atoms with Crippen molar-refractivity contribution in [3.63, 3.8) is 0 Å². The molecule has 0 saturated carbocycles. The van der Waals surface area contributed by atoms with E-state index in [1.54, 1.807) is 18.2 Å². The molecule has 4 rings (SSSR count). The van der Waals surface area contributed by atoms with E-state index in [9.17, 15) is 15.0 Å². The van der Waals surface area contributed by atoms with Crippen molar-refractivity contribution in [2.75, 3.05) is 26.2 Å². The standard InChI is InChI=1S/C21H28N4O4/c26-16-6-7-19-17(14-16)18(8-13-29-19)22-25-15-20(27)24(21(25)28)12-5-4-11-23-9-2-1-3-10-23/h6-7,14-15,26-27H,1-5,8-13H2/b22-18+. The molecular weight excluding hydrogens is 372 g/mol. The van der Waals surface area contributed by atoms with Crippen LogP contribution in [0.15, 0.2) is 34.3 Å². The summed E-state index contributed by atoms with van der Waals surface area (Å²) in [6, 6.07) is 4.82. The van der Waals surface area contributed by atoms with Crippen LogP contribution in [0.1, 0.15) is 44.1 Å². The van der Waals surface area contributed by atoms with E-state index in [1.807, 2.05) is 0 Å². The first-order valence-electron chi connectivity index (χ1n) is 10.4. The van der Waals surface area contributed by atoms with Gasteiger partial charge in [0.1, 0.15) is 11.5 Å². The van der Waals surface area contributed by atoms with Gasteiger partial charge in [0.05, 0.1) is 18.5 Å². The first-order chi connectivity index (χ1) is 14.1. The van der Waals surface area contributed by atoms with Crippen molar-refractivity contribution in [3.8, 4) is 17.4 Å². The van der Waals surface area contributed by atoms with Gasteiger partial charge in [-0.3, -0.25) is 4.57 Å². The van der Waals surface area contributed by atoms with E-state index in [-0.39, 0.29) is 17.3 Å². The average molecular weight is 400 g/mol. The minimum atomic E-state index is -0.360. The minimum absolute atomic E-state index is 0.0829. The number of benzene rings is 1. The second-order valence-electron chi connectivity index (χ2n) is 7.70. The fourth-order valence-electron chi connectivity index (χ4n) is 4.02. The van der Waals surface area contributed by atoms with Crippen LogP contribution in [0.2, 0.25) is 0 Å². The Morgan fingerprint density at radius 2 is 1.86 bits per heavy atom. The smallest absolute Gasteiger partial charge is 0.351 e. The summed E-state index contributed by atoms with van der Waals surface area (Å²) in [4.78, 5) is 15.2. The zero-order valence-corrected chi connectivity index (χ0v) is 16.6. The van der Waals surface area contributed by atoms with Crippen LogP contribution in [0.25, 0.3) is 0 Å². The van der Waals surface area contributed by atoms with Gasteiger partial charge < -0.3 is 19.8 Å². The maximum absolute atomic E-state index is 12.7. The van der Waals surface area contributed by atoms with Gasteiger partial charge in [0.25, 0.3) is 0 Å². The number of piperidine rings is 1. The molecule has 2 N–H and O–H groups in total. The molecule has 1 saturated heterocycles. The monoisotopic (exact) mass is 400 g/mol. The van der Waals surface area contributed by atoms with E-state index in [4.69, 9.17) is 4.74 Å². The number of hydrogen-bond donors (Lipinski definition) is 2. The topological polar surface area (TPSA) is 92.2 Å². The fraction of sp³-hybridized carbons (Fsp3) is 0.524. The Hall–Kier alpha value is -2.74. The van der Waals surface area contributed by atoms with Gasteiger partial charge in [0.2, 0.25) is 5.88 Å². The number of hydrogen-bond acceptors (Lipinski definition) is 6. The third-order valence-corrected chi connectivity index (χ3v) is 5.59. The Morgan fingerprint density at radius 3 is 2.69 bits per heavy atom. The van der Waals surface area contributed by atoms with Crippen LogP contribution in [-0.2, 0) is 6.54 Å². The molecule has 0 amide bonds. The Bertz CT molecular complexity index is 941. The summed E-state index contributed by atoms with van der Waals surface area (Å²) in [5, 5.41) is 24.4. The van der Waals surface area contributed by atoms with Crippen molar-refractivity contribution in [2.45, 2.75) is 45.1 Å². The molecule has 8 heteroatoms. The summed E-state index contributed by atoms with van der Waals surface area (Å²) in [7, 11) is 0. The lowest BCUT2D eigenvalue weighted by Gasteiger charge is -2.26. The molecule has 1 aromatic carbocycles. The molecule has 0 bridgehead atoms. The Morgan fingerprint density at radius 1 is 1.07 bits per heavy atom. The summed E-state index contributed by atoms with van der Waals surface area (Å²) in [6.45, 7) is 4.30. The van der Waals surface area contributed by atoms with E-state index in [0.29, 0.717) is 36.6 Å². The quantitative estimate of drug-likeness (QED) is 0.727. The zero-order chi connectivity index (χ0) is 20.2. The summed E-state index contributed by atoms with van der Waals surface area (Å²) in [5.74, 6) is 0.658. The van der Waals surface area contributed by atoms with Crippen LogP contribution in [0.5, 0.6) is 17.4 Å². The molecule has 8 nitrogen and oxygen atoms in total. The second kappa shape index (κ2) is 8.73. The molecule has 0 spiro atoms. The number of phenols is 1. The van der Waals surface area contributed by atoms with Gasteiger partial charge in [-0.25, -0.2) is 4.79 Å². The third kappa shape index (κ3) is 4.48. The molecule has 156 valence electrons. The maximum atomic E-state index is 12.7. The van der Waals surface area contributed by atoms with Crippen LogP contribution in [0.4, 0.5) is 0 Å². The molecule has 29 heavy (non-hydrogen) atoms. The number of aromatic nitrogens is 2. The first kappa shape index (κ1) is 19.6. The van der Waals surface area contributed by atoms with Crippen molar-refractivity contribution in [2.24, 2.45) is 5.10 Å². The lowest BCUT2D eigenvalue weighted by atomic mass is 10.0. The van der Waals surface area contributed by atoms with Crippen molar-refractivity contribution in [1.82, 2.24) is 14.1 Å². The summed E-state index contributed by atoms with van der Waals surface area (Å²) >= 11 is 0. The number of aromatic hydroxyl groups is 2. The van der Waals surface area contributed by atoms with Gasteiger partial charge in [0.15, 0.2) is 0 Å². The van der Waals surface area contributed by atoms with Crippen molar-refractivity contribution < 1.29 is 14.9 Å². The summed E-state index contributed by atoms with van der Waals surface area (Å²) < 4.78 is 8.12. The van der Waals surface area contributed by atoms with Gasteiger partial charge in [-0.15, -0.1) is 0 Å². The fourth-order valence-corrected chi connectivity index (χ4v) is 4.02. The normalized spacial score (nSPS) is 18.6. The number of imidazole rings is 1. The minimum Gasteiger partial charge on any atom is -0.508 e. The maximum Gasteiger partial charge on any atom is 0.351 e. The molecule has 0 unspecified atom stereocenters. The van der Waals surface area contributed by atoms with E-state index < -0.39 is 0 Å². The predicted molar refractivity (Wildman–Crippen MR) is 110 cm³/mol. The number of rotatable bonds is 6. The van der Waals surface area contributed by atoms with Crippen molar-refractivity contribution >= 4 is 5.71 Å². The van der Waals surface area contributed by atoms with E-state index in [1.165, 1.54) is 47.8 Å². The average Bonchev–Trinajstić information content (AvgIpc) is 2.99. The van der Waals surface area contributed by atoms with Crippen LogP contribution in [0, 0.1) is 0 Å². The van der Waals surface area contributed by atoms with E-state index >= 15 is 0 Å². The molecule has 0 radical (unpaired) electrons. The van der Waals surface area contributed by atoms with Crippen LogP contribution < -0.4 is 10.4 Å². The third-order valence-electron chi connectivity index (χ3n) is 5.59. The second-order valence-corrected chi connectivity index (χ2v) is 7.70. The molecule has 2 aromatic rings. The molecule has 2 aliphatic rings. The van der Waals surface area contributed by atoms with Gasteiger partial charge in [0, 0.05) is 18.5 Å². The number of likely N-dealkylation sites (tertiary alicyclic amines) is 1. The predicted octanol–water partition coefficient (Wildman–Crippen LogP) is 2.36. The highest BCUT2D eigenvalue weighted by Crippen LogP contribution is 2.28. The van der Waals surface area contributed by atoms with Gasteiger partial charge in [-0.2, -0.15) is 9.78 Å². The Balaban J connectivity index is 1.44. The van der Waals surface area contributed by atoms with Gasteiger partial charge in [-0.05, 0) is 63.5 Å². The number of unbranched alkanes of at least 4 members (excludes halogenated alkanes) is 1. The molecule has 1 fully saturated rings. The highest BCUT2D eigenvalue weighted by atomic mass is 16.5. The van der Waals surface area contributed by atoms with Gasteiger partial charge in [-0.1, -0.05) is 6.42 Å². The molecular formula is C21H28N4O4. The number of ether oxygens (including phenoxy) is 1. The Kier molecular flexibility index (Phi) is 5.89. The number of phenolic OH excluding ortho intramolecular Hbond substituents is 1. The lowest BCUT2D eigenvalue weighted by Crippen LogP contribution is -2.31. The van der Waals surface area contributed by atoms with Crippen LogP contribution >= 0.6 is 0 Å². The SMILES string of the molecule is O=c1n(/N=C2\CCOc3ccc(O)cc32)cc(O)n1CCCCN1CCCCC1. The number of fused-ring (bicyclic) bond motifs is 1. The lowest BCUT2D eigenvalue weighted by molar-refractivity contribution is 0.223. The molecule has 0 atom stereocenters. The Labute approximate surface area is 169 Å². The highest BCUT2D eigenvalue weighted by Gasteiger charge is 2.19. The highest BCUT2D eigenvalue weighted by molar-refractivity contribution is 6.04. The van der Waals surface area contributed by atoms with Crippen molar-refractivity contribution in [3.05, 3.63) is 40.4 Å². The van der Waals surface area contributed by atoms with E-state index in [0.717, 1.165) is 19.4 Å². The van der Waals surface area contributed by atoms with E-state index in [2.05, 4.69) is 10.0 Å². The largest absolute Gasteiger partial charge is 0.508 e. The molecule has 1 aromatic heterocycles. The van der Waals surface area contributed by atoms with Crippen molar-refractivity contribution in [1.29, 1.82) is 0 Å². The van der Waals surface area contributed by atoms with Crippen LogP contribution in [0.3, 0.4) is 0 Å². The first-order valence-corrected chi connectivity index (χ1v) is 10.4. The van der Waals surface area contributed by atoms with Crippen LogP contribution in [-0.4, -0.2) is 56.3 Å². The summed E-state index contributed by atoms with van der Waals surface area (Å²) in [6.07, 6.45) is 7.56. The molecule has 0 aliphatic carbocycles. The zero-order valence-electron chi connectivity index (χ0n) is 16.6. The summed E-state index contributed by atoms with van der Waals surface area (Å²) in [5.41, 5.74) is 0.949. The molecule has 2 aliphatic heterocycles. The van der Waals surface area contributed by atoms with Gasteiger partial charge >= 0.3 is 5.69 Å².